The lowest BCUT2D eigenvalue weighted by atomic mass is 9.33. The minimum atomic E-state index is -0.770. The minimum absolute atomic E-state index is 0.0186. The number of hydrogen-bond acceptors (Lipinski definition) is 6. The van der Waals surface area contributed by atoms with Crippen molar-refractivity contribution in [3.63, 3.8) is 0 Å². The van der Waals surface area contributed by atoms with Crippen LogP contribution < -0.4 is 5.32 Å². The molecule has 1 aromatic rings. The average molecular weight is 650 g/mol. The average Bonchev–Trinajstić information content (AvgIpc) is 3.51. The standard InChI is InChI=1S/C38H55N3O6/c1-33(2)24(31(44)40-22-29(43)47-19-18-41-17-16-39-23-41)8-10-36(5)28(33)9-11-38(7)30(36)27(42)20-25-26-21-35(4,32(45)46)13-12-34(26,3)14-15-37(25,38)6/h16-17,20,23-24,26,28,30H,8-15,18-19,21-22H2,1-7H3,(H,40,44)(H,45,46)/t24-,26?,28+,30-,34-,35+,36+,37-,38-/m1/s1. The number of esters is 1. The minimum Gasteiger partial charge on any atom is -0.481 e. The van der Waals surface area contributed by atoms with E-state index in [0.29, 0.717) is 25.8 Å². The molecule has 0 saturated heterocycles. The molecule has 5 aliphatic rings. The van der Waals surface area contributed by atoms with Gasteiger partial charge in [-0.1, -0.05) is 47.1 Å². The van der Waals surface area contributed by atoms with E-state index in [2.05, 4.69) is 51.8 Å². The Kier molecular flexibility index (Phi) is 8.15. The number of ketones is 1. The fourth-order valence-electron chi connectivity index (χ4n) is 11.9. The molecule has 4 fully saturated rings. The van der Waals surface area contributed by atoms with Crippen molar-refractivity contribution in [2.75, 3.05) is 13.2 Å². The number of carbonyl (C=O) groups is 4. The maximum Gasteiger partial charge on any atom is 0.325 e. The van der Waals surface area contributed by atoms with Crippen molar-refractivity contribution in [2.24, 2.45) is 56.2 Å². The van der Waals surface area contributed by atoms with E-state index in [-0.39, 0.29) is 75.6 Å². The number of nitrogens with zero attached hydrogens (tertiary/aromatic N) is 2. The van der Waals surface area contributed by atoms with Crippen LogP contribution in [0.2, 0.25) is 0 Å². The molecule has 6 rings (SSSR count). The highest BCUT2D eigenvalue weighted by molar-refractivity contribution is 5.96. The van der Waals surface area contributed by atoms with Crippen molar-refractivity contribution in [3.05, 3.63) is 30.4 Å². The van der Waals surface area contributed by atoms with Crippen LogP contribution in [-0.2, 0) is 30.5 Å². The molecular formula is C38H55N3O6. The molecule has 9 nitrogen and oxygen atoms in total. The Hall–Kier alpha value is -2.97. The number of aromatic nitrogens is 2. The lowest BCUT2D eigenvalue weighted by Crippen LogP contribution is -2.66. The van der Waals surface area contributed by atoms with Crippen LogP contribution in [0, 0.1) is 56.2 Å². The van der Waals surface area contributed by atoms with Gasteiger partial charge in [-0.2, -0.15) is 0 Å². The summed E-state index contributed by atoms with van der Waals surface area (Å²) < 4.78 is 7.16. The van der Waals surface area contributed by atoms with Gasteiger partial charge in [0.15, 0.2) is 5.78 Å². The maximum absolute atomic E-state index is 14.6. The molecule has 47 heavy (non-hydrogen) atoms. The Morgan fingerprint density at radius 2 is 1.72 bits per heavy atom. The van der Waals surface area contributed by atoms with Gasteiger partial charge in [-0.15, -0.1) is 0 Å². The monoisotopic (exact) mass is 649 g/mol. The Bertz CT molecular complexity index is 1480. The molecule has 0 radical (unpaired) electrons. The van der Waals surface area contributed by atoms with E-state index in [0.717, 1.165) is 38.5 Å². The number of rotatable bonds is 7. The zero-order valence-corrected chi connectivity index (χ0v) is 29.5. The summed E-state index contributed by atoms with van der Waals surface area (Å²) in [5.74, 6) is -1.26. The van der Waals surface area contributed by atoms with Crippen LogP contribution in [0.4, 0.5) is 0 Å². The molecule has 5 aliphatic carbocycles. The first-order valence-electron chi connectivity index (χ1n) is 17.8. The summed E-state index contributed by atoms with van der Waals surface area (Å²) in [6, 6.07) is 0. The molecule has 0 aromatic carbocycles. The zero-order chi connectivity index (χ0) is 34.2. The third kappa shape index (κ3) is 5.11. The van der Waals surface area contributed by atoms with Gasteiger partial charge in [0.25, 0.3) is 0 Å². The van der Waals surface area contributed by atoms with Gasteiger partial charge >= 0.3 is 11.9 Å². The maximum atomic E-state index is 14.6. The highest BCUT2D eigenvalue weighted by atomic mass is 16.5. The van der Waals surface area contributed by atoms with Gasteiger partial charge in [0.2, 0.25) is 5.91 Å². The second kappa shape index (κ2) is 11.3. The topological polar surface area (TPSA) is 128 Å². The lowest BCUT2D eigenvalue weighted by molar-refractivity contribution is -0.194. The molecule has 1 unspecified atom stereocenters. The molecule has 9 atom stereocenters. The quantitative estimate of drug-likeness (QED) is 0.336. The Labute approximate surface area is 279 Å². The molecule has 1 heterocycles. The molecule has 4 saturated carbocycles. The normalized spacial score (nSPS) is 42.1. The van der Waals surface area contributed by atoms with E-state index in [1.807, 2.05) is 17.6 Å². The molecule has 1 aromatic heterocycles. The van der Waals surface area contributed by atoms with E-state index >= 15 is 0 Å². The van der Waals surface area contributed by atoms with Crippen molar-refractivity contribution < 1.29 is 29.0 Å². The van der Waals surface area contributed by atoms with Gasteiger partial charge in [0.1, 0.15) is 13.2 Å². The Morgan fingerprint density at radius 1 is 1.00 bits per heavy atom. The summed E-state index contributed by atoms with van der Waals surface area (Å²) in [5.41, 5.74) is -0.607. The zero-order valence-electron chi connectivity index (χ0n) is 29.5. The first-order valence-corrected chi connectivity index (χ1v) is 17.8. The van der Waals surface area contributed by atoms with Crippen LogP contribution in [0.25, 0.3) is 0 Å². The van der Waals surface area contributed by atoms with E-state index < -0.39 is 17.4 Å². The summed E-state index contributed by atoms with van der Waals surface area (Å²) >= 11 is 0. The van der Waals surface area contributed by atoms with Crippen LogP contribution >= 0.6 is 0 Å². The van der Waals surface area contributed by atoms with Crippen LogP contribution in [0.1, 0.15) is 106 Å². The molecule has 0 bridgehead atoms. The smallest absolute Gasteiger partial charge is 0.325 e. The van der Waals surface area contributed by atoms with Crippen LogP contribution in [-0.4, -0.2) is 51.4 Å². The van der Waals surface area contributed by atoms with Crippen molar-refractivity contribution in [1.29, 1.82) is 0 Å². The van der Waals surface area contributed by atoms with Gasteiger partial charge in [0.05, 0.1) is 18.3 Å². The molecule has 0 aliphatic heterocycles. The van der Waals surface area contributed by atoms with E-state index in [9.17, 15) is 24.3 Å². The van der Waals surface area contributed by atoms with Gasteiger partial charge in [0, 0.05) is 24.2 Å². The predicted molar refractivity (Wildman–Crippen MR) is 177 cm³/mol. The molecule has 1 amide bonds. The summed E-state index contributed by atoms with van der Waals surface area (Å²) in [7, 11) is 0. The number of carboxylic acid groups (broad SMARTS) is 1. The second-order valence-electron chi connectivity index (χ2n) is 17.7. The number of carbonyl (C=O) groups excluding carboxylic acids is 3. The van der Waals surface area contributed by atoms with E-state index in [1.54, 1.807) is 18.7 Å². The molecule has 2 N–H and O–H groups in total. The molecule has 258 valence electrons. The molecular weight excluding hydrogens is 594 g/mol. The predicted octanol–water partition coefficient (Wildman–Crippen LogP) is 6.22. The molecule has 9 heteroatoms. The van der Waals surface area contributed by atoms with Gasteiger partial charge in [-0.3, -0.25) is 19.2 Å². The van der Waals surface area contributed by atoms with Crippen LogP contribution in [0.5, 0.6) is 0 Å². The number of allylic oxidation sites excluding steroid dienone is 2. The molecule has 0 spiro atoms. The highest BCUT2D eigenvalue weighted by Crippen LogP contribution is 2.75. The lowest BCUT2D eigenvalue weighted by Gasteiger charge is -2.70. The number of amides is 1. The number of hydrogen-bond donors (Lipinski definition) is 2. The van der Waals surface area contributed by atoms with Crippen molar-refractivity contribution in [1.82, 2.24) is 14.9 Å². The summed E-state index contributed by atoms with van der Waals surface area (Å²) in [6.45, 7) is 16.2. The number of imidazole rings is 1. The van der Waals surface area contributed by atoms with Gasteiger partial charge in [-0.25, -0.2) is 4.98 Å². The second-order valence-corrected chi connectivity index (χ2v) is 17.7. The number of aliphatic carboxylic acids is 1. The fourth-order valence-corrected chi connectivity index (χ4v) is 11.9. The largest absolute Gasteiger partial charge is 0.481 e. The number of carboxylic acids is 1. The summed E-state index contributed by atoms with van der Waals surface area (Å²) in [5, 5.41) is 13.1. The van der Waals surface area contributed by atoms with Crippen LogP contribution in [0.3, 0.4) is 0 Å². The third-order valence-corrected chi connectivity index (χ3v) is 15.0. The van der Waals surface area contributed by atoms with Crippen LogP contribution in [0.15, 0.2) is 30.4 Å². The van der Waals surface area contributed by atoms with Gasteiger partial charge in [-0.05, 0) is 110 Å². The fraction of sp³-hybridized carbons (Fsp3) is 0.763. The van der Waals surface area contributed by atoms with Crippen molar-refractivity contribution in [2.45, 2.75) is 113 Å². The van der Waals surface area contributed by atoms with Crippen molar-refractivity contribution >= 4 is 23.6 Å². The number of fused-ring (bicyclic) bond motifs is 7. The Balaban J connectivity index is 1.20. The van der Waals surface area contributed by atoms with Crippen molar-refractivity contribution in [3.8, 4) is 0 Å². The summed E-state index contributed by atoms with van der Waals surface area (Å²) in [4.78, 5) is 57.0. The third-order valence-electron chi connectivity index (χ3n) is 15.0. The first kappa shape index (κ1) is 33.9. The number of nitrogens with one attached hydrogen (secondary N) is 1. The first-order chi connectivity index (χ1) is 21.9. The van der Waals surface area contributed by atoms with Gasteiger partial charge < -0.3 is 19.7 Å². The number of ether oxygens (including phenoxy) is 1. The SMILES string of the molecule is CC1(C)[C@@H](C(=O)NCC(=O)OCCn2ccnc2)CC[C@]2(C)[C@H]3C(=O)C=C4C5C[C@@](C)(C(=O)O)CC[C@]5(C)CC[C@@]4(C)[C@]3(C)CC[C@@H]12. The summed E-state index contributed by atoms with van der Waals surface area (Å²) in [6.07, 6.45) is 14.6. The Morgan fingerprint density at radius 3 is 2.40 bits per heavy atom. The van der Waals surface area contributed by atoms with E-state index in [4.69, 9.17) is 4.74 Å². The van der Waals surface area contributed by atoms with E-state index in [1.165, 1.54) is 5.57 Å². The highest BCUT2D eigenvalue weighted by Gasteiger charge is 2.70.